The molecule has 37 heavy (non-hydrogen) atoms. The van der Waals surface area contributed by atoms with Crippen LogP contribution in [0.15, 0.2) is 54.6 Å². The Morgan fingerprint density at radius 2 is 1.81 bits per heavy atom. The van der Waals surface area contributed by atoms with E-state index in [4.69, 9.17) is 4.74 Å². The molecule has 0 aliphatic carbocycles. The topological polar surface area (TPSA) is 139 Å². The van der Waals surface area contributed by atoms with Crippen LogP contribution >= 0.6 is 0 Å². The molecule has 1 aliphatic rings. The van der Waals surface area contributed by atoms with Crippen molar-refractivity contribution in [1.82, 2.24) is 18.4 Å². The van der Waals surface area contributed by atoms with Crippen LogP contribution in [0.25, 0.3) is 0 Å². The number of hydrogen-bond acceptors (Lipinski definition) is 7. The summed E-state index contributed by atoms with van der Waals surface area (Å²) in [5.74, 6) is -3.59. The first-order valence-electron chi connectivity index (χ1n) is 11.1. The van der Waals surface area contributed by atoms with E-state index < -0.39 is 39.7 Å². The Morgan fingerprint density at radius 3 is 2.46 bits per heavy atom. The van der Waals surface area contributed by atoms with E-state index >= 15 is 0 Å². The molecule has 1 aromatic heterocycles. The number of nitrogens with zero attached hydrogens (tertiary/aromatic N) is 4. The number of rotatable bonds is 8. The first kappa shape index (κ1) is 26.0. The Hall–Kier alpha value is -4.10. The SMILES string of the molecule is CN(C)S(=O)(=O)N1CC(c2cc(OCc3ccc(F)cc3)n(C(=O)c3cccc(C(=O)O)c3)n2)CC1=O. The van der Waals surface area contributed by atoms with Crippen molar-refractivity contribution in [1.29, 1.82) is 0 Å². The van der Waals surface area contributed by atoms with E-state index in [0.717, 1.165) is 13.3 Å². The largest absolute Gasteiger partial charge is 0.478 e. The molecule has 0 saturated carbocycles. The molecule has 1 atom stereocenters. The molecule has 11 nitrogen and oxygen atoms in total. The second-order valence-electron chi connectivity index (χ2n) is 8.54. The predicted molar refractivity (Wildman–Crippen MR) is 128 cm³/mol. The van der Waals surface area contributed by atoms with E-state index in [1.165, 1.54) is 68.7 Å². The normalized spacial score (nSPS) is 15.8. The van der Waals surface area contributed by atoms with Gasteiger partial charge in [-0.3, -0.25) is 9.59 Å². The zero-order valence-corrected chi connectivity index (χ0v) is 20.7. The molecule has 3 aromatic rings. The van der Waals surface area contributed by atoms with Gasteiger partial charge in [-0.05, 0) is 35.9 Å². The molecule has 0 radical (unpaired) electrons. The molecule has 1 amide bonds. The van der Waals surface area contributed by atoms with Crippen LogP contribution < -0.4 is 4.74 Å². The van der Waals surface area contributed by atoms with E-state index in [9.17, 15) is 32.3 Å². The molecule has 1 aliphatic heterocycles. The zero-order valence-electron chi connectivity index (χ0n) is 19.9. The van der Waals surface area contributed by atoms with Crippen LogP contribution in [0.2, 0.25) is 0 Å². The van der Waals surface area contributed by atoms with Crippen LogP contribution in [0.5, 0.6) is 5.88 Å². The lowest BCUT2D eigenvalue weighted by molar-refractivity contribution is -0.123. The molecule has 13 heteroatoms. The second kappa shape index (κ2) is 10.1. The van der Waals surface area contributed by atoms with Crippen molar-refractivity contribution in [3.05, 3.63) is 82.8 Å². The van der Waals surface area contributed by atoms with Gasteiger partial charge in [0.1, 0.15) is 12.4 Å². The maximum Gasteiger partial charge on any atom is 0.335 e. The predicted octanol–water partition coefficient (Wildman–Crippen LogP) is 2.11. The van der Waals surface area contributed by atoms with Crippen molar-refractivity contribution < 1.29 is 37.0 Å². The highest BCUT2D eigenvalue weighted by Crippen LogP contribution is 2.32. The molecular formula is C24H23FN4O7S. The Morgan fingerprint density at radius 1 is 1.14 bits per heavy atom. The van der Waals surface area contributed by atoms with Gasteiger partial charge in [-0.25, -0.2) is 13.5 Å². The maximum absolute atomic E-state index is 13.3. The van der Waals surface area contributed by atoms with Crippen molar-refractivity contribution in [3.8, 4) is 5.88 Å². The van der Waals surface area contributed by atoms with Crippen LogP contribution in [0.4, 0.5) is 4.39 Å². The lowest BCUT2D eigenvalue weighted by Crippen LogP contribution is -2.40. The first-order chi connectivity index (χ1) is 17.5. The molecule has 1 N–H and O–H groups in total. The van der Waals surface area contributed by atoms with Gasteiger partial charge in [-0.1, -0.05) is 18.2 Å². The number of carboxylic acids is 1. The van der Waals surface area contributed by atoms with Crippen LogP contribution in [0.3, 0.4) is 0 Å². The van der Waals surface area contributed by atoms with Crippen molar-refractivity contribution in [2.24, 2.45) is 0 Å². The Kier molecular flexibility index (Phi) is 7.09. The summed E-state index contributed by atoms with van der Waals surface area (Å²) in [6, 6.07) is 12.3. The van der Waals surface area contributed by atoms with Crippen molar-refractivity contribution in [2.45, 2.75) is 18.9 Å². The molecule has 0 bridgehead atoms. The van der Waals surface area contributed by atoms with Gasteiger partial charge in [0.05, 0.1) is 11.3 Å². The first-order valence-corrected chi connectivity index (χ1v) is 12.5. The number of carbonyl (C=O) groups excluding carboxylic acids is 2. The monoisotopic (exact) mass is 530 g/mol. The fraction of sp³-hybridized carbons (Fsp3) is 0.250. The van der Waals surface area contributed by atoms with E-state index in [1.807, 2.05) is 0 Å². The molecule has 2 heterocycles. The van der Waals surface area contributed by atoms with E-state index in [-0.39, 0.29) is 42.3 Å². The van der Waals surface area contributed by atoms with E-state index in [1.54, 1.807) is 0 Å². The Labute approximate surface area is 211 Å². The van der Waals surface area contributed by atoms with Crippen LogP contribution in [-0.4, -0.2) is 70.3 Å². The number of aromatic nitrogens is 2. The molecule has 1 fully saturated rings. The van der Waals surface area contributed by atoms with Gasteiger partial charge in [0, 0.05) is 44.6 Å². The second-order valence-corrected chi connectivity index (χ2v) is 10.6. The van der Waals surface area contributed by atoms with Gasteiger partial charge >= 0.3 is 16.2 Å². The summed E-state index contributed by atoms with van der Waals surface area (Å²) in [5.41, 5.74) is 0.787. The van der Waals surface area contributed by atoms with Gasteiger partial charge in [0.2, 0.25) is 11.8 Å². The zero-order chi connectivity index (χ0) is 26.9. The highest BCUT2D eigenvalue weighted by Gasteiger charge is 2.40. The summed E-state index contributed by atoms with van der Waals surface area (Å²) < 4.78 is 46.7. The lowest BCUT2D eigenvalue weighted by atomic mass is 10.1. The number of aromatic carboxylic acids is 1. The van der Waals surface area contributed by atoms with Crippen LogP contribution in [0, 0.1) is 5.82 Å². The van der Waals surface area contributed by atoms with Crippen LogP contribution in [-0.2, 0) is 21.6 Å². The van der Waals surface area contributed by atoms with E-state index in [2.05, 4.69) is 5.10 Å². The van der Waals surface area contributed by atoms with Gasteiger partial charge in [-0.2, -0.15) is 22.5 Å². The summed E-state index contributed by atoms with van der Waals surface area (Å²) >= 11 is 0. The summed E-state index contributed by atoms with van der Waals surface area (Å²) in [4.78, 5) is 37.2. The molecule has 0 spiro atoms. The maximum atomic E-state index is 13.3. The standard InChI is InChI=1S/C24H23FN4O7S/c1-27(2)37(34,35)28-13-18(11-21(28)30)20-12-22(36-14-15-6-8-19(25)9-7-15)29(26-20)23(31)16-4-3-5-17(10-16)24(32)33/h3-10,12,18H,11,13-14H2,1-2H3,(H,32,33). The van der Waals surface area contributed by atoms with Crippen molar-refractivity contribution in [2.75, 3.05) is 20.6 Å². The number of halogens is 1. The fourth-order valence-corrected chi connectivity index (χ4v) is 4.87. The fourth-order valence-electron chi connectivity index (χ4n) is 3.77. The minimum absolute atomic E-state index is 0.00795. The minimum atomic E-state index is -3.99. The van der Waals surface area contributed by atoms with Gasteiger partial charge < -0.3 is 9.84 Å². The average Bonchev–Trinajstić information content (AvgIpc) is 3.47. The smallest absolute Gasteiger partial charge is 0.335 e. The summed E-state index contributed by atoms with van der Waals surface area (Å²) in [6.07, 6.45) is -0.149. The highest BCUT2D eigenvalue weighted by atomic mass is 32.2. The van der Waals surface area contributed by atoms with Crippen molar-refractivity contribution in [3.63, 3.8) is 0 Å². The number of carboxylic acid groups (broad SMARTS) is 1. The number of hydrogen-bond donors (Lipinski definition) is 1. The quantitative estimate of drug-likeness (QED) is 0.467. The van der Waals surface area contributed by atoms with Gasteiger partial charge in [0.25, 0.3) is 5.91 Å². The summed E-state index contributed by atoms with van der Waals surface area (Å²) in [5, 5.41) is 13.6. The molecular weight excluding hydrogens is 507 g/mol. The molecule has 4 rings (SSSR count). The van der Waals surface area contributed by atoms with Crippen molar-refractivity contribution >= 4 is 28.0 Å². The Balaban J connectivity index is 1.68. The minimum Gasteiger partial charge on any atom is -0.478 e. The molecule has 194 valence electrons. The summed E-state index contributed by atoms with van der Waals surface area (Å²) in [6.45, 7) is -0.213. The van der Waals surface area contributed by atoms with Crippen LogP contribution in [0.1, 0.15) is 44.3 Å². The highest BCUT2D eigenvalue weighted by molar-refractivity contribution is 7.87. The number of benzene rings is 2. The van der Waals surface area contributed by atoms with E-state index in [0.29, 0.717) is 5.56 Å². The average molecular weight is 531 g/mol. The molecule has 2 aromatic carbocycles. The third-order valence-corrected chi connectivity index (χ3v) is 7.62. The van der Waals surface area contributed by atoms with Gasteiger partial charge in [-0.15, -0.1) is 0 Å². The molecule has 1 saturated heterocycles. The van der Waals surface area contributed by atoms with Gasteiger partial charge in [0.15, 0.2) is 0 Å². The third-order valence-electron chi connectivity index (χ3n) is 5.79. The number of ether oxygens (including phenoxy) is 1. The molecule has 1 unspecified atom stereocenters. The number of amides is 1. The summed E-state index contributed by atoms with van der Waals surface area (Å²) in [7, 11) is -1.36. The number of carbonyl (C=O) groups is 3. The Bertz CT molecular complexity index is 1470. The third kappa shape index (κ3) is 5.37. The lowest BCUT2D eigenvalue weighted by Gasteiger charge is -2.20.